The maximum Gasteiger partial charge on any atom is 0.419 e. The van der Waals surface area contributed by atoms with Gasteiger partial charge in [0.2, 0.25) is 0 Å². The standard InChI is InChI=1S/C16H15F4N/c1-10-4-3-5-11(8-10)15(21-2)12-6-7-14(17)13(9-12)16(18,19)20/h3-9,15,21H,1-2H3. The van der Waals surface area contributed by atoms with Crippen molar-refractivity contribution >= 4 is 0 Å². The van der Waals surface area contributed by atoms with Crippen LogP contribution < -0.4 is 5.32 Å². The maximum atomic E-state index is 13.4. The Hall–Kier alpha value is -1.88. The van der Waals surface area contributed by atoms with Crippen molar-refractivity contribution in [1.29, 1.82) is 0 Å². The van der Waals surface area contributed by atoms with Gasteiger partial charge >= 0.3 is 6.18 Å². The van der Waals surface area contributed by atoms with Gasteiger partial charge in [-0.25, -0.2) is 4.39 Å². The highest BCUT2D eigenvalue weighted by molar-refractivity contribution is 5.37. The minimum atomic E-state index is -4.70. The molecule has 0 radical (unpaired) electrons. The fourth-order valence-corrected chi connectivity index (χ4v) is 2.32. The zero-order chi connectivity index (χ0) is 15.6. The topological polar surface area (TPSA) is 12.0 Å². The minimum absolute atomic E-state index is 0.372. The van der Waals surface area contributed by atoms with E-state index in [1.807, 2.05) is 31.2 Å². The van der Waals surface area contributed by atoms with E-state index >= 15 is 0 Å². The second-order valence-electron chi connectivity index (χ2n) is 4.87. The van der Waals surface area contributed by atoms with Gasteiger partial charge in [-0.1, -0.05) is 35.9 Å². The largest absolute Gasteiger partial charge is 0.419 e. The lowest BCUT2D eigenvalue weighted by molar-refractivity contribution is -0.140. The molecule has 2 aromatic rings. The lowest BCUT2D eigenvalue weighted by Gasteiger charge is -2.19. The van der Waals surface area contributed by atoms with Gasteiger partial charge < -0.3 is 5.32 Å². The summed E-state index contributed by atoms with van der Waals surface area (Å²) in [5.41, 5.74) is 0.966. The van der Waals surface area contributed by atoms with E-state index in [0.29, 0.717) is 5.56 Å². The molecule has 1 atom stereocenters. The van der Waals surface area contributed by atoms with Gasteiger partial charge in [0.25, 0.3) is 0 Å². The van der Waals surface area contributed by atoms with E-state index in [4.69, 9.17) is 0 Å². The number of benzene rings is 2. The number of halogens is 4. The summed E-state index contributed by atoms with van der Waals surface area (Å²) in [6.07, 6.45) is -4.70. The molecule has 0 fully saturated rings. The van der Waals surface area contributed by atoms with Crippen LogP contribution >= 0.6 is 0 Å². The van der Waals surface area contributed by atoms with Crippen molar-refractivity contribution in [2.75, 3.05) is 7.05 Å². The Morgan fingerprint density at radius 3 is 2.24 bits per heavy atom. The fourth-order valence-electron chi connectivity index (χ4n) is 2.32. The van der Waals surface area contributed by atoms with Crippen LogP contribution in [-0.2, 0) is 6.18 Å². The number of nitrogens with one attached hydrogen (secondary N) is 1. The van der Waals surface area contributed by atoms with Gasteiger partial charge in [0.05, 0.1) is 11.6 Å². The summed E-state index contributed by atoms with van der Waals surface area (Å²) in [6, 6.07) is 10.1. The van der Waals surface area contributed by atoms with Crippen molar-refractivity contribution in [2.45, 2.75) is 19.1 Å². The molecule has 5 heteroatoms. The molecular weight excluding hydrogens is 282 g/mol. The summed E-state index contributed by atoms with van der Waals surface area (Å²) in [5.74, 6) is -1.26. The van der Waals surface area contributed by atoms with E-state index in [1.165, 1.54) is 6.07 Å². The first kappa shape index (κ1) is 15.5. The maximum absolute atomic E-state index is 13.4. The molecule has 112 valence electrons. The SMILES string of the molecule is CNC(c1cccc(C)c1)c1ccc(F)c(C(F)(F)F)c1. The van der Waals surface area contributed by atoms with Crippen LogP contribution in [0.15, 0.2) is 42.5 Å². The molecule has 1 unspecified atom stereocenters. The molecule has 0 aliphatic rings. The van der Waals surface area contributed by atoms with Gasteiger partial charge in [0.1, 0.15) is 5.82 Å². The quantitative estimate of drug-likeness (QED) is 0.825. The summed E-state index contributed by atoms with van der Waals surface area (Å²) in [4.78, 5) is 0. The van der Waals surface area contributed by atoms with Gasteiger partial charge in [-0.3, -0.25) is 0 Å². The van der Waals surface area contributed by atoms with E-state index in [-0.39, 0.29) is 0 Å². The Morgan fingerprint density at radius 1 is 1.00 bits per heavy atom. The monoisotopic (exact) mass is 297 g/mol. The van der Waals surface area contributed by atoms with Crippen LogP contribution in [0.25, 0.3) is 0 Å². The van der Waals surface area contributed by atoms with Gasteiger partial charge in [0, 0.05) is 0 Å². The van der Waals surface area contributed by atoms with Crippen LogP contribution in [0.3, 0.4) is 0 Å². The molecule has 1 nitrogen and oxygen atoms in total. The van der Waals surface area contributed by atoms with Crippen LogP contribution in [0, 0.1) is 12.7 Å². The van der Waals surface area contributed by atoms with Crippen LogP contribution in [-0.4, -0.2) is 7.05 Å². The summed E-state index contributed by atoms with van der Waals surface area (Å²) in [6.45, 7) is 1.90. The predicted octanol–water partition coefficient (Wildman–Crippen LogP) is 4.46. The molecule has 0 aromatic heterocycles. The summed E-state index contributed by atoms with van der Waals surface area (Å²) in [7, 11) is 1.66. The highest BCUT2D eigenvalue weighted by atomic mass is 19.4. The van der Waals surface area contributed by atoms with Crippen LogP contribution in [0.5, 0.6) is 0 Å². The Kier molecular flexibility index (Phi) is 4.32. The number of alkyl halides is 3. The third kappa shape index (κ3) is 3.42. The third-order valence-corrected chi connectivity index (χ3v) is 3.29. The predicted molar refractivity (Wildman–Crippen MR) is 73.5 cm³/mol. The zero-order valence-electron chi connectivity index (χ0n) is 11.6. The van der Waals surface area contributed by atoms with Gasteiger partial charge in [0.15, 0.2) is 0 Å². The molecule has 0 bridgehead atoms. The normalized spacial score (nSPS) is 13.2. The average molecular weight is 297 g/mol. The molecular formula is C16H15F4N. The number of rotatable bonds is 3. The van der Waals surface area contributed by atoms with Crippen molar-refractivity contribution in [3.8, 4) is 0 Å². The Labute approximate surface area is 120 Å². The highest BCUT2D eigenvalue weighted by Gasteiger charge is 2.34. The summed E-state index contributed by atoms with van der Waals surface area (Å²) >= 11 is 0. The molecule has 0 amide bonds. The fraction of sp³-hybridized carbons (Fsp3) is 0.250. The Bertz CT molecular complexity index is 634. The van der Waals surface area contributed by atoms with E-state index in [1.54, 1.807) is 7.05 Å². The first-order valence-corrected chi connectivity index (χ1v) is 6.43. The van der Waals surface area contributed by atoms with E-state index in [0.717, 1.165) is 23.3 Å². The smallest absolute Gasteiger partial charge is 0.309 e. The molecule has 0 saturated carbocycles. The van der Waals surface area contributed by atoms with Crippen molar-refractivity contribution < 1.29 is 17.6 Å². The molecule has 0 heterocycles. The first-order chi connectivity index (χ1) is 9.82. The summed E-state index contributed by atoms with van der Waals surface area (Å²) < 4.78 is 51.8. The van der Waals surface area contributed by atoms with Crippen molar-refractivity contribution in [2.24, 2.45) is 0 Å². The van der Waals surface area contributed by atoms with Crippen LogP contribution in [0.4, 0.5) is 17.6 Å². The molecule has 0 aliphatic heterocycles. The number of hydrogen-bond acceptors (Lipinski definition) is 1. The molecule has 21 heavy (non-hydrogen) atoms. The molecule has 0 aliphatic carbocycles. The van der Waals surface area contributed by atoms with E-state index < -0.39 is 23.6 Å². The van der Waals surface area contributed by atoms with Crippen molar-refractivity contribution in [3.05, 3.63) is 70.5 Å². The first-order valence-electron chi connectivity index (χ1n) is 6.43. The number of aryl methyl sites for hydroxylation is 1. The average Bonchev–Trinajstić information content (AvgIpc) is 2.40. The van der Waals surface area contributed by atoms with Gasteiger partial charge in [-0.15, -0.1) is 0 Å². The molecule has 2 aromatic carbocycles. The molecule has 2 rings (SSSR count). The molecule has 0 saturated heterocycles. The molecule has 1 N–H and O–H groups in total. The Morgan fingerprint density at radius 2 is 1.67 bits per heavy atom. The van der Waals surface area contributed by atoms with Crippen molar-refractivity contribution in [3.63, 3.8) is 0 Å². The highest BCUT2D eigenvalue weighted by Crippen LogP contribution is 2.34. The van der Waals surface area contributed by atoms with Crippen molar-refractivity contribution in [1.82, 2.24) is 5.32 Å². The lowest BCUT2D eigenvalue weighted by Crippen LogP contribution is -2.19. The van der Waals surface area contributed by atoms with E-state index in [2.05, 4.69) is 5.32 Å². The third-order valence-electron chi connectivity index (χ3n) is 3.29. The molecule has 0 spiro atoms. The second kappa shape index (κ2) is 5.85. The minimum Gasteiger partial charge on any atom is -0.309 e. The Balaban J connectivity index is 2.49. The summed E-state index contributed by atoms with van der Waals surface area (Å²) in [5, 5.41) is 2.97. The zero-order valence-corrected chi connectivity index (χ0v) is 11.6. The second-order valence-corrected chi connectivity index (χ2v) is 4.87. The van der Waals surface area contributed by atoms with Crippen LogP contribution in [0.1, 0.15) is 28.3 Å². The number of hydrogen-bond donors (Lipinski definition) is 1. The lowest BCUT2D eigenvalue weighted by atomic mass is 9.96. The van der Waals surface area contributed by atoms with Gasteiger partial charge in [-0.05, 0) is 37.2 Å². The van der Waals surface area contributed by atoms with E-state index in [9.17, 15) is 17.6 Å². The van der Waals surface area contributed by atoms with Crippen LogP contribution in [0.2, 0.25) is 0 Å². The van der Waals surface area contributed by atoms with Gasteiger partial charge in [-0.2, -0.15) is 13.2 Å².